The van der Waals surface area contributed by atoms with E-state index in [4.69, 9.17) is 5.11 Å². The van der Waals surface area contributed by atoms with Crippen molar-refractivity contribution in [2.75, 3.05) is 13.1 Å². The minimum Gasteiger partial charge on any atom is -0.479 e. The Morgan fingerprint density at radius 3 is 2.58 bits per heavy atom. The van der Waals surface area contributed by atoms with Crippen molar-refractivity contribution < 1.29 is 19.4 Å². The summed E-state index contributed by atoms with van der Waals surface area (Å²) in [6.45, 7) is 2.48. The van der Waals surface area contributed by atoms with E-state index in [1.807, 2.05) is 0 Å². The van der Waals surface area contributed by atoms with Crippen molar-refractivity contribution in [3.8, 4) is 0 Å². The van der Waals surface area contributed by atoms with Crippen molar-refractivity contribution in [1.29, 1.82) is 0 Å². The molecule has 19 heavy (non-hydrogen) atoms. The fraction of sp³-hybridized carbons (Fsp3) is 0.500. The van der Waals surface area contributed by atoms with Crippen LogP contribution in [0.1, 0.15) is 36.5 Å². The number of rotatable bonds is 4. The monoisotopic (exact) mass is 267 g/mol. The second kappa shape index (κ2) is 6.12. The molecule has 104 valence electrons. The lowest BCUT2D eigenvalue weighted by Crippen LogP contribution is -2.29. The average molecular weight is 267 g/mol. The molecule has 1 atom stereocenters. The van der Waals surface area contributed by atoms with Gasteiger partial charge in [0, 0.05) is 12.1 Å². The van der Waals surface area contributed by atoms with Crippen LogP contribution in [0.3, 0.4) is 0 Å². The van der Waals surface area contributed by atoms with Crippen LogP contribution in [0.15, 0.2) is 18.2 Å². The highest BCUT2D eigenvalue weighted by Gasteiger charge is 2.18. The summed E-state index contributed by atoms with van der Waals surface area (Å²) in [4.78, 5) is 12.8. The first kappa shape index (κ1) is 14.0. The summed E-state index contributed by atoms with van der Waals surface area (Å²) >= 11 is 0. The topological polar surface area (TPSA) is 60.8 Å². The smallest absolute Gasteiger partial charge is 0.337 e. The van der Waals surface area contributed by atoms with Crippen LogP contribution in [0.25, 0.3) is 0 Å². The summed E-state index contributed by atoms with van der Waals surface area (Å²) in [7, 11) is 0. The van der Waals surface area contributed by atoms with Gasteiger partial charge in [-0.15, -0.1) is 0 Å². The van der Waals surface area contributed by atoms with Crippen molar-refractivity contribution in [3.05, 3.63) is 35.1 Å². The summed E-state index contributed by atoms with van der Waals surface area (Å²) in [6, 6.07) is 4.14. The number of aliphatic hydroxyl groups excluding tert-OH is 1. The average Bonchev–Trinajstić information content (AvgIpc) is 2.41. The van der Waals surface area contributed by atoms with E-state index in [1.165, 1.54) is 12.5 Å². The Morgan fingerprint density at radius 1 is 1.32 bits per heavy atom. The molecule has 1 aromatic rings. The highest BCUT2D eigenvalue weighted by molar-refractivity contribution is 5.74. The molecule has 1 unspecified atom stereocenters. The van der Waals surface area contributed by atoms with E-state index in [1.54, 1.807) is 6.07 Å². The van der Waals surface area contributed by atoms with Crippen LogP contribution >= 0.6 is 0 Å². The molecule has 1 fully saturated rings. The van der Waals surface area contributed by atoms with Gasteiger partial charge in [0.25, 0.3) is 0 Å². The van der Waals surface area contributed by atoms with Gasteiger partial charge in [-0.3, -0.25) is 4.90 Å². The minimum absolute atomic E-state index is 0.0763. The molecule has 0 amide bonds. The molecular formula is C14H18FNO3. The van der Waals surface area contributed by atoms with Crippen LogP contribution in [-0.4, -0.2) is 34.2 Å². The van der Waals surface area contributed by atoms with Crippen LogP contribution < -0.4 is 0 Å². The van der Waals surface area contributed by atoms with E-state index in [2.05, 4.69) is 4.90 Å². The maximum Gasteiger partial charge on any atom is 0.337 e. The van der Waals surface area contributed by atoms with Gasteiger partial charge in [0.05, 0.1) is 0 Å². The molecule has 0 bridgehead atoms. The molecule has 5 heteroatoms. The maximum atomic E-state index is 13.9. The number of hydrogen-bond donors (Lipinski definition) is 2. The molecule has 1 aliphatic rings. The fourth-order valence-electron chi connectivity index (χ4n) is 2.36. The molecule has 0 saturated carbocycles. The summed E-state index contributed by atoms with van der Waals surface area (Å²) in [5.74, 6) is -1.83. The Labute approximate surface area is 111 Å². The summed E-state index contributed by atoms with van der Waals surface area (Å²) in [6.07, 6.45) is 1.83. The van der Waals surface area contributed by atoms with Crippen molar-refractivity contribution in [1.82, 2.24) is 4.90 Å². The first-order valence-electron chi connectivity index (χ1n) is 6.49. The maximum absolute atomic E-state index is 13.9. The second-order valence-electron chi connectivity index (χ2n) is 4.93. The van der Waals surface area contributed by atoms with Gasteiger partial charge in [0.1, 0.15) is 5.82 Å². The normalized spacial score (nSPS) is 18.2. The highest BCUT2D eigenvalue weighted by Crippen LogP contribution is 2.20. The van der Waals surface area contributed by atoms with Crippen LogP contribution in [0.5, 0.6) is 0 Å². The largest absolute Gasteiger partial charge is 0.479 e. The molecule has 2 rings (SSSR count). The van der Waals surface area contributed by atoms with Crippen molar-refractivity contribution in [3.63, 3.8) is 0 Å². The lowest BCUT2D eigenvalue weighted by molar-refractivity contribution is -0.146. The molecule has 0 radical (unpaired) electrons. The number of likely N-dealkylation sites (tertiary alicyclic amines) is 1. The van der Waals surface area contributed by atoms with Crippen molar-refractivity contribution >= 4 is 5.97 Å². The predicted molar refractivity (Wildman–Crippen MR) is 68.1 cm³/mol. The number of carboxylic acids is 1. The SMILES string of the molecule is O=C(O)C(O)c1ccc(CN2CCCCC2)c(F)c1. The molecule has 0 aromatic heterocycles. The molecule has 0 spiro atoms. The number of benzene rings is 1. The molecule has 1 heterocycles. The number of hydrogen-bond acceptors (Lipinski definition) is 3. The zero-order chi connectivity index (χ0) is 13.8. The highest BCUT2D eigenvalue weighted by atomic mass is 19.1. The van der Waals surface area contributed by atoms with E-state index >= 15 is 0 Å². The van der Waals surface area contributed by atoms with E-state index < -0.39 is 17.9 Å². The first-order chi connectivity index (χ1) is 9.08. The van der Waals surface area contributed by atoms with Crippen molar-refractivity contribution in [2.24, 2.45) is 0 Å². The van der Waals surface area contributed by atoms with Crippen LogP contribution in [0, 0.1) is 5.82 Å². The van der Waals surface area contributed by atoms with Gasteiger partial charge in [0.2, 0.25) is 0 Å². The standard InChI is InChI=1S/C14H18FNO3/c15-12-8-10(13(17)14(18)19)4-5-11(12)9-16-6-2-1-3-7-16/h4-5,8,13,17H,1-3,6-7,9H2,(H,18,19). The predicted octanol–water partition coefficient (Wildman–Crippen LogP) is 1.93. The number of aliphatic hydroxyl groups is 1. The Hall–Kier alpha value is -1.46. The van der Waals surface area contributed by atoms with E-state index in [0.717, 1.165) is 32.0 Å². The molecule has 1 saturated heterocycles. The zero-order valence-electron chi connectivity index (χ0n) is 10.7. The Morgan fingerprint density at radius 2 is 2.00 bits per heavy atom. The molecule has 1 aromatic carbocycles. The van der Waals surface area contributed by atoms with Gasteiger partial charge in [-0.1, -0.05) is 18.6 Å². The lowest BCUT2D eigenvalue weighted by Gasteiger charge is -2.26. The molecule has 1 aliphatic heterocycles. The van der Waals surface area contributed by atoms with Gasteiger partial charge in [-0.2, -0.15) is 0 Å². The van der Waals surface area contributed by atoms with E-state index in [-0.39, 0.29) is 5.56 Å². The Bertz CT molecular complexity index is 458. The summed E-state index contributed by atoms with van der Waals surface area (Å²) in [5.41, 5.74) is 0.621. The number of nitrogens with zero attached hydrogens (tertiary/aromatic N) is 1. The summed E-state index contributed by atoms with van der Waals surface area (Å²) in [5, 5.41) is 18.0. The van der Waals surface area contributed by atoms with Crippen LogP contribution in [0.2, 0.25) is 0 Å². The lowest BCUT2D eigenvalue weighted by atomic mass is 10.0. The van der Waals surface area contributed by atoms with E-state index in [0.29, 0.717) is 12.1 Å². The van der Waals surface area contributed by atoms with Crippen LogP contribution in [-0.2, 0) is 11.3 Å². The third-order valence-electron chi connectivity index (χ3n) is 3.47. The summed E-state index contributed by atoms with van der Waals surface area (Å²) < 4.78 is 13.9. The number of carbonyl (C=O) groups is 1. The fourth-order valence-corrected chi connectivity index (χ4v) is 2.36. The molecule has 2 N–H and O–H groups in total. The second-order valence-corrected chi connectivity index (χ2v) is 4.93. The van der Waals surface area contributed by atoms with Gasteiger partial charge < -0.3 is 10.2 Å². The number of aliphatic carboxylic acids is 1. The van der Waals surface area contributed by atoms with Crippen molar-refractivity contribution in [2.45, 2.75) is 31.9 Å². The number of halogens is 1. The number of carboxylic acid groups (broad SMARTS) is 1. The zero-order valence-corrected chi connectivity index (χ0v) is 10.7. The van der Waals surface area contributed by atoms with E-state index in [9.17, 15) is 14.3 Å². The number of piperidine rings is 1. The van der Waals surface area contributed by atoms with Gasteiger partial charge in [-0.25, -0.2) is 9.18 Å². The Kier molecular flexibility index (Phi) is 4.50. The third kappa shape index (κ3) is 3.52. The molecule has 0 aliphatic carbocycles. The van der Waals surface area contributed by atoms with Crippen LogP contribution in [0.4, 0.5) is 4.39 Å². The quantitative estimate of drug-likeness (QED) is 0.875. The van der Waals surface area contributed by atoms with Gasteiger partial charge in [-0.05, 0) is 37.6 Å². The van der Waals surface area contributed by atoms with Gasteiger partial charge >= 0.3 is 5.97 Å². The third-order valence-corrected chi connectivity index (χ3v) is 3.47. The molecule has 4 nitrogen and oxygen atoms in total. The molecular weight excluding hydrogens is 249 g/mol. The Balaban J connectivity index is 2.08. The van der Waals surface area contributed by atoms with Gasteiger partial charge in [0.15, 0.2) is 6.10 Å². The first-order valence-corrected chi connectivity index (χ1v) is 6.49. The minimum atomic E-state index is -1.67.